The Morgan fingerprint density at radius 2 is 1.52 bits per heavy atom. The van der Waals surface area contributed by atoms with E-state index in [1.165, 1.54) is 11.3 Å². The van der Waals surface area contributed by atoms with E-state index in [0.29, 0.717) is 28.3 Å². The number of aromatic nitrogens is 1. The number of rotatable bonds is 5. The van der Waals surface area contributed by atoms with E-state index in [1.54, 1.807) is 12.2 Å². The van der Waals surface area contributed by atoms with Crippen LogP contribution in [0.3, 0.4) is 0 Å². The highest BCUT2D eigenvalue weighted by atomic mass is 32.1. The van der Waals surface area contributed by atoms with E-state index >= 15 is 0 Å². The summed E-state index contributed by atoms with van der Waals surface area (Å²) in [6, 6.07) is 27.8. The molecule has 0 unspecified atom stereocenters. The fourth-order valence-electron chi connectivity index (χ4n) is 3.84. The summed E-state index contributed by atoms with van der Waals surface area (Å²) in [7, 11) is 0. The van der Waals surface area contributed by atoms with Crippen molar-refractivity contribution in [2.45, 2.75) is 13.1 Å². The number of nitrogens with zero attached hydrogens (tertiary/aromatic N) is 2. The van der Waals surface area contributed by atoms with Crippen LogP contribution < -0.4 is 4.80 Å². The minimum atomic E-state index is -0.0705. The molecule has 1 N–H and O–H groups in total. The van der Waals surface area contributed by atoms with Crippen LogP contribution in [0.25, 0.3) is 17.7 Å². The number of fused-ring (bicyclic) bond motifs is 1. The molecule has 0 fully saturated rings. The number of benzene rings is 3. The van der Waals surface area contributed by atoms with Crippen LogP contribution in [0.2, 0.25) is 0 Å². The maximum absolute atomic E-state index is 12.7. The van der Waals surface area contributed by atoms with Crippen LogP contribution in [-0.4, -0.2) is 15.5 Å². The van der Waals surface area contributed by atoms with E-state index in [1.807, 2.05) is 95.6 Å². The van der Waals surface area contributed by atoms with Crippen LogP contribution in [0.15, 0.2) is 96.0 Å². The molecule has 0 bridgehead atoms. The van der Waals surface area contributed by atoms with Gasteiger partial charge in [0.05, 0.1) is 18.0 Å². The quantitative estimate of drug-likeness (QED) is 0.406. The Balaban J connectivity index is 1.60. The van der Waals surface area contributed by atoms with Crippen molar-refractivity contribution in [3.63, 3.8) is 0 Å². The molecule has 0 amide bonds. The van der Waals surface area contributed by atoms with Gasteiger partial charge in [0.15, 0.2) is 10.6 Å². The summed E-state index contributed by atoms with van der Waals surface area (Å²) in [6.07, 6.45) is 5.20. The molecule has 5 rings (SSSR count). The average molecular weight is 451 g/mol. The van der Waals surface area contributed by atoms with Gasteiger partial charge >= 0.3 is 0 Å². The van der Waals surface area contributed by atoms with Crippen molar-refractivity contribution in [2.24, 2.45) is 4.99 Å². The molecule has 4 nitrogen and oxygen atoms in total. The first-order valence-corrected chi connectivity index (χ1v) is 11.5. The first kappa shape index (κ1) is 20.9. The number of allylic oxidation sites excluding steroid dienone is 2. The molecule has 4 aromatic rings. The maximum atomic E-state index is 12.7. The zero-order chi connectivity index (χ0) is 22.6. The summed E-state index contributed by atoms with van der Waals surface area (Å²) >= 11 is 1.39. The lowest BCUT2D eigenvalue weighted by Crippen LogP contribution is -2.15. The smallest absolute Gasteiger partial charge is 0.211 e. The molecule has 0 atom stereocenters. The number of carbonyl (C=O) groups excluding carboxylic acids is 1. The van der Waals surface area contributed by atoms with E-state index in [9.17, 15) is 9.90 Å². The second-order valence-corrected chi connectivity index (χ2v) is 8.80. The van der Waals surface area contributed by atoms with Crippen LogP contribution in [0, 0.1) is 0 Å². The summed E-state index contributed by atoms with van der Waals surface area (Å²) < 4.78 is 1.81. The number of ketones is 1. The second-order valence-electron chi connectivity index (χ2n) is 7.79. The Bertz CT molecular complexity index is 1430. The summed E-state index contributed by atoms with van der Waals surface area (Å²) in [5.41, 5.74) is 4.60. The predicted octanol–water partition coefficient (Wildman–Crippen LogP) is 5.54. The number of hydrogen-bond donors (Lipinski definition) is 1. The van der Waals surface area contributed by atoms with Crippen LogP contribution in [-0.2, 0) is 17.9 Å². The molecule has 0 spiro atoms. The van der Waals surface area contributed by atoms with Gasteiger partial charge in [0.25, 0.3) is 0 Å². The molecule has 162 valence electrons. The van der Waals surface area contributed by atoms with Gasteiger partial charge in [-0.15, -0.1) is 0 Å². The Hall–Kier alpha value is -3.96. The van der Waals surface area contributed by atoms with Crippen molar-refractivity contribution in [2.75, 3.05) is 0 Å². The fourth-order valence-corrected chi connectivity index (χ4v) is 4.81. The molecule has 3 aromatic carbocycles. The predicted molar refractivity (Wildman–Crippen MR) is 134 cm³/mol. The van der Waals surface area contributed by atoms with E-state index in [4.69, 9.17) is 4.99 Å². The van der Waals surface area contributed by atoms with Crippen molar-refractivity contribution < 1.29 is 9.90 Å². The highest BCUT2D eigenvalue weighted by molar-refractivity contribution is 7.10. The molecule has 0 aliphatic heterocycles. The highest BCUT2D eigenvalue weighted by Gasteiger charge is 2.19. The van der Waals surface area contributed by atoms with E-state index in [2.05, 4.69) is 0 Å². The van der Waals surface area contributed by atoms with E-state index in [-0.39, 0.29) is 11.7 Å². The van der Waals surface area contributed by atoms with E-state index in [0.717, 1.165) is 22.3 Å². The lowest BCUT2D eigenvalue weighted by molar-refractivity contribution is -0.109. The third kappa shape index (κ3) is 4.49. The third-order valence-electron chi connectivity index (χ3n) is 5.54. The monoisotopic (exact) mass is 450 g/mol. The highest BCUT2D eigenvalue weighted by Crippen LogP contribution is 2.32. The van der Waals surface area contributed by atoms with Crippen molar-refractivity contribution in [3.8, 4) is 5.88 Å². The summed E-state index contributed by atoms with van der Waals surface area (Å²) in [5, 5.41) is 11.2. The van der Waals surface area contributed by atoms with Crippen molar-refractivity contribution in [3.05, 3.63) is 123 Å². The van der Waals surface area contributed by atoms with Crippen molar-refractivity contribution in [1.82, 2.24) is 4.57 Å². The molecule has 1 aliphatic rings. The molecular weight excluding hydrogens is 428 g/mol. The van der Waals surface area contributed by atoms with Gasteiger partial charge in [-0.3, -0.25) is 14.4 Å². The minimum Gasteiger partial charge on any atom is -0.493 e. The molecule has 1 heterocycles. The molecule has 0 saturated heterocycles. The molecule has 1 aromatic heterocycles. The fraction of sp³-hybridized carbons (Fsp3) is 0.0714. The van der Waals surface area contributed by atoms with Gasteiger partial charge < -0.3 is 5.11 Å². The normalized spacial score (nSPS) is 14.6. The van der Waals surface area contributed by atoms with Crippen molar-refractivity contribution >= 4 is 34.8 Å². The van der Waals surface area contributed by atoms with Crippen LogP contribution in [0.5, 0.6) is 5.88 Å². The van der Waals surface area contributed by atoms with Gasteiger partial charge in [0.1, 0.15) is 0 Å². The topological polar surface area (TPSA) is 54.6 Å². The maximum Gasteiger partial charge on any atom is 0.211 e. The van der Waals surface area contributed by atoms with Gasteiger partial charge in [-0.1, -0.05) is 102 Å². The molecule has 1 aliphatic carbocycles. The Morgan fingerprint density at radius 1 is 0.848 bits per heavy atom. The molecule has 0 radical (unpaired) electrons. The molecule has 33 heavy (non-hydrogen) atoms. The molecular formula is C28H22N2O2S. The lowest BCUT2D eigenvalue weighted by atomic mass is 9.91. The Morgan fingerprint density at radius 3 is 2.27 bits per heavy atom. The minimum absolute atomic E-state index is 0.0705. The average Bonchev–Trinajstić information content (AvgIpc) is 3.15. The van der Waals surface area contributed by atoms with Crippen LogP contribution in [0.4, 0.5) is 0 Å². The van der Waals surface area contributed by atoms with Gasteiger partial charge in [-0.25, -0.2) is 0 Å². The first-order chi connectivity index (χ1) is 16.2. The van der Waals surface area contributed by atoms with Crippen molar-refractivity contribution in [1.29, 1.82) is 0 Å². The summed E-state index contributed by atoms with van der Waals surface area (Å²) in [4.78, 5) is 18.8. The zero-order valence-electron chi connectivity index (χ0n) is 17.9. The summed E-state index contributed by atoms with van der Waals surface area (Å²) in [5.74, 6) is 0.0434. The standard InChI is InChI=1S/C28H22N2O2S/c31-25-16-15-22-13-7-8-14-23(22)24(25)17-26-27(32)30(19-21-11-5-2-6-12-21)28(33-26)29-18-20-9-3-1-4-10-20/h1-17,32H,18-19H2. The van der Waals surface area contributed by atoms with Gasteiger partial charge in [0.2, 0.25) is 5.88 Å². The van der Waals surface area contributed by atoms with Crippen LogP contribution >= 0.6 is 11.3 Å². The number of thiazole rings is 1. The second kappa shape index (κ2) is 9.27. The van der Waals surface area contributed by atoms with E-state index < -0.39 is 0 Å². The van der Waals surface area contributed by atoms with Gasteiger partial charge in [-0.05, 0) is 34.4 Å². The Kier molecular flexibility index (Phi) is 5.87. The molecule has 0 saturated carbocycles. The van der Waals surface area contributed by atoms with Gasteiger partial charge in [-0.2, -0.15) is 0 Å². The molecule has 5 heteroatoms. The largest absolute Gasteiger partial charge is 0.493 e. The Labute approximate surface area is 196 Å². The number of carbonyl (C=O) groups is 1. The number of aromatic hydroxyl groups is 1. The third-order valence-corrected chi connectivity index (χ3v) is 6.59. The van der Waals surface area contributed by atoms with Gasteiger partial charge in [0, 0.05) is 5.57 Å². The SMILES string of the molecule is O=C1C=Cc2ccccc2C1=Cc1sc(=NCc2ccccc2)n(Cc2ccccc2)c1O. The number of hydrogen-bond acceptors (Lipinski definition) is 4. The zero-order valence-corrected chi connectivity index (χ0v) is 18.7. The first-order valence-electron chi connectivity index (χ1n) is 10.7. The lowest BCUT2D eigenvalue weighted by Gasteiger charge is -2.12. The summed E-state index contributed by atoms with van der Waals surface area (Å²) in [6.45, 7) is 1.00. The van der Waals surface area contributed by atoms with Crippen LogP contribution in [0.1, 0.15) is 27.1 Å².